The third-order valence-electron chi connectivity index (χ3n) is 3.95. The quantitative estimate of drug-likeness (QED) is 0.524. The maximum atomic E-state index is 11.8. The molecule has 0 unspecified atom stereocenters. The Bertz CT molecular complexity index is 542. The fourth-order valence-corrected chi connectivity index (χ4v) is 3.53. The molecular weight excluding hydrogens is 372 g/mol. The zero-order chi connectivity index (χ0) is 17.0. The van der Waals surface area contributed by atoms with Crippen LogP contribution in [0.4, 0.5) is 0 Å². The first-order chi connectivity index (χ1) is 10.6. The van der Waals surface area contributed by atoms with Gasteiger partial charge in [0, 0.05) is 0 Å². The van der Waals surface area contributed by atoms with Crippen LogP contribution in [0.15, 0.2) is 10.2 Å². The monoisotopic (exact) mass is 392 g/mol. The fraction of sp³-hybridized carbons (Fsp3) is 0.800. The highest BCUT2D eigenvalue weighted by molar-refractivity contribution is 9.12. The lowest BCUT2D eigenvalue weighted by Crippen LogP contribution is -2.40. The van der Waals surface area contributed by atoms with Gasteiger partial charge in [-0.05, 0) is 43.6 Å². The van der Waals surface area contributed by atoms with E-state index in [4.69, 9.17) is 28.4 Å². The molecule has 0 aliphatic carbocycles. The second-order valence-electron chi connectivity index (χ2n) is 6.64. The van der Waals surface area contributed by atoms with E-state index in [1.165, 1.54) is 7.11 Å². The van der Waals surface area contributed by atoms with Gasteiger partial charge < -0.3 is 28.4 Å². The lowest BCUT2D eigenvalue weighted by atomic mass is 10.1. The summed E-state index contributed by atoms with van der Waals surface area (Å²) in [6.07, 6.45) is -1.64. The number of carbonyl (C=O) groups excluding carboxylic acids is 1. The van der Waals surface area contributed by atoms with Crippen LogP contribution < -0.4 is 0 Å². The van der Waals surface area contributed by atoms with Crippen LogP contribution in [0.25, 0.3) is 0 Å². The van der Waals surface area contributed by atoms with Gasteiger partial charge in [-0.1, -0.05) is 0 Å². The summed E-state index contributed by atoms with van der Waals surface area (Å²) in [5, 5.41) is 0. The minimum atomic E-state index is -0.777. The number of carbonyl (C=O) groups is 1. The second-order valence-corrected chi connectivity index (χ2v) is 7.43. The van der Waals surface area contributed by atoms with Crippen LogP contribution in [0, 0.1) is 0 Å². The predicted molar refractivity (Wildman–Crippen MR) is 81.6 cm³/mol. The van der Waals surface area contributed by atoms with Gasteiger partial charge in [-0.25, -0.2) is 4.79 Å². The van der Waals surface area contributed by atoms with E-state index >= 15 is 0 Å². The molecular formula is C15H21BrO7. The maximum absolute atomic E-state index is 11.8. The molecule has 0 N–H and O–H groups in total. The van der Waals surface area contributed by atoms with Crippen molar-refractivity contribution in [3.8, 4) is 0 Å². The molecule has 4 atom stereocenters. The summed E-state index contributed by atoms with van der Waals surface area (Å²) in [5.41, 5.74) is 0. The zero-order valence-corrected chi connectivity index (χ0v) is 15.3. The summed E-state index contributed by atoms with van der Waals surface area (Å²) in [6.45, 7) is 7.71. The number of methoxy groups -OCH3 is 1. The van der Waals surface area contributed by atoms with Crippen molar-refractivity contribution in [1.82, 2.24) is 0 Å². The minimum absolute atomic E-state index is 0.192. The highest BCUT2D eigenvalue weighted by Gasteiger charge is 2.58. The van der Waals surface area contributed by atoms with Crippen LogP contribution in [0.1, 0.15) is 27.7 Å². The van der Waals surface area contributed by atoms with E-state index in [-0.39, 0.29) is 16.7 Å². The van der Waals surface area contributed by atoms with E-state index in [1.807, 2.05) is 27.7 Å². The zero-order valence-electron chi connectivity index (χ0n) is 13.8. The Hall–Kier alpha value is -0.670. The van der Waals surface area contributed by atoms with Crippen molar-refractivity contribution in [3.63, 3.8) is 0 Å². The first-order valence-electron chi connectivity index (χ1n) is 7.45. The number of halogens is 1. The van der Waals surface area contributed by atoms with Gasteiger partial charge in [0.25, 0.3) is 0 Å². The van der Waals surface area contributed by atoms with Gasteiger partial charge in [-0.2, -0.15) is 0 Å². The van der Waals surface area contributed by atoms with Gasteiger partial charge >= 0.3 is 5.97 Å². The van der Waals surface area contributed by atoms with Gasteiger partial charge in [0.1, 0.15) is 28.6 Å². The van der Waals surface area contributed by atoms with Crippen LogP contribution in [0.2, 0.25) is 0 Å². The Morgan fingerprint density at radius 2 is 1.83 bits per heavy atom. The Balaban J connectivity index is 1.90. The van der Waals surface area contributed by atoms with E-state index in [2.05, 4.69) is 15.9 Å². The lowest BCUT2D eigenvalue weighted by molar-refractivity contribution is -0.187. The van der Waals surface area contributed by atoms with Crippen LogP contribution in [-0.4, -0.2) is 55.7 Å². The van der Waals surface area contributed by atoms with Gasteiger partial charge in [0.2, 0.25) is 0 Å². The number of rotatable bonds is 2. The number of hydrogen-bond donors (Lipinski definition) is 0. The Morgan fingerprint density at radius 3 is 2.39 bits per heavy atom. The Labute approximate surface area is 143 Å². The SMILES string of the molecule is COC(=O)/C(Br)=C1/O[C@H]([C@H]2COC(C)(C)O2)[C@@H]2OC(C)(C)O[C@H]12. The Morgan fingerprint density at radius 1 is 1.13 bits per heavy atom. The van der Waals surface area contributed by atoms with Gasteiger partial charge in [0.05, 0.1) is 13.7 Å². The van der Waals surface area contributed by atoms with Crippen molar-refractivity contribution in [3.05, 3.63) is 10.2 Å². The molecule has 3 fully saturated rings. The summed E-state index contributed by atoms with van der Waals surface area (Å²) < 4.78 is 34.3. The van der Waals surface area contributed by atoms with Crippen molar-refractivity contribution < 1.29 is 33.2 Å². The highest BCUT2D eigenvalue weighted by atomic mass is 79.9. The fourth-order valence-electron chi connectivity index (χ4n) is 3.04. The van der Waals surface area contributed by atoms with Crippen LogP contribution >= 0.6 is 15.9 Å². The molecule has 3 aliphatic rings. The third kappa shape index (κ3) is 3.15. The first-order valence-corrected chi connectivity index (χ1v) is 8.25. The highest BCUT2D eigenvalue weighted by Crippen LogP contribution is 2.45. The molecule has 0 aromatic rings. The number of ether oxygens (including phenoxy) is 6. The molecule has 23 heavy (non-hydrogen) atoms. The van der Waals surface area contributed by atoms with E-state index in [9.17, 15) is 4.79 Å². The lowest BCUT2D eigenvalue weighted by Gasteiger charge is -2.26. The standard InChI is InChI=1S/C15H21BrO7/c1-14(2)19-6-7(21-14)9-11-12(23-15(3,4)22-11)10(20-9)8(16)13(17)18-5/h7,9,11-12H,6H2,1-5H3/b10-8-/t7-,9-,11+,12-/m1/s1. The van der Waals surface area contributed by atoms with E-state index in [0.29, 0.717) is 12.4 Å². The summed E-state index contributed by atoms with van der Waals surface area (Å²) in [5.74, 6) is -1.62. The molecule has 3 heterocycles. The number of hydrogen-bond acceptors (Lipinski definition) is 7. The van der Waals surface area contributed by atoms with Crippen LogP contribution in [0.5, 0.6) is 0 Å². The van der Waals surface area contributed by atoms with Crippen molar-refractivity contribution >= 4 is 21.9 Å². The predicted octanol–water partition coefficient (Wildman–Crippen LogP) is 1.84. The summed E-state index contributed by atoms with van der Waals surface area (Å²) in [7, 11) is 1.31. The van der Waals surface area contributed by atoms with Crippen LogP contribution in [-0.2, 0) is 33.2 Å². The molecule has 130 valence electrons. The minimum Gasteiger partial charge on any atom is -0.485 e. The average Bonchev–Trinajstić information content (AvgIpc) is 3.07. The molecule has 0 bridgehead atoms. The van der Waals surface area contributed by atoms with E-state index in [1.54, 1.807) is 0 Å². The third-order valence-corrected chi connectivity index (χ3v) is 4.67. The molecule has 3 rings (SSSR count). The molecule has 8 heteroatoms. The van der Waals surface area contributed by atoms with Gasteiger partial charge in [-0.15, -0.1) is 0 Å². The number of esters is 1. The second kappa shape index (κ2) is 5.70. The number of fused-ring (bicyclic) bond motifs is 1. The topological polar surface area (TPSA) is 72.5 Å². The molecule has 7 nitrogen and oxygen atoms in total. The van der Waals surface area contributed by atoms with Crippen molar-refractivity contribution in [2.75, 3.05) is 13.7 Å². The van der Waals surface area contributed by atoms with Crippen LogP contribution in [0.3, 0.4) is 0 Å². The molecule has 0 aromatic heterocycles. The van der Waals surface area contributed by atoms with Crippen molar-refractivity contribution in [1.29, 1.82) is 0 Å². The summed E-state index contributed by atoms with van der Waals surface area (Å²) >= 11 is 3.24. The average molecular weight is 393 g/mol. The smallest absolute Gasteiger partial charge is 0.348 e. The molecule has 0 amide bonds. The molecule has 0 spiro atoms. The largest absolute Gasteiger partial charge is 0.485 e. The first kappa shape index (κ1) is 17.2. The van der Waals surface area contributed by atoms with Gasteiger partial charge in [0.15, 0.2) is 17.7 Å². The van der Waals surface area contributed by atoms with Crippen molar-refractivity contribution in [2.24, 2.45) is 0 Å². The summed E-state index contributed by atoms with van der Waals surface area (Å²) in [6, 6.07) is 0. The normalized spacial score (nSPS) is 39.7. The maximum Gasteiger partial charge on any atom is 0.348 e. The Kier molecular flexibility index (Phi) is 4.25. The summed E-state index contributed by atoms with van der Waals surface area (Å²) in [4.78, 5) is 11.8. The molecule has 3 aliphatic heterocycles. The van der Waals surface area contributed by atoms with Gasteiger partial charge in [-0.3, -0.25) is 0 Å². The molecule has 0 radical (unpaired) electrons. The molecule has 0 aromatic carbocycles. The molecule has 3 saturated heterocycles. The van der Waals surface area contributed by atoms with Crippen molar-refractivity contribution in [2.45, 2.75) is 63.7 Å². The van der Waals surface area contributed by atoms with E-state index < -0.39 is 29.8 Å². The molecule has 0 saturated carbocycles. The van der Waals surface area contributed by atoms with E-state index in [0.717, 1.165) is 0 Å².